The van der Waals surface area contributed by atoms with Crippen LogP contribution in [0.15, 0.2) is 30.3 Å². The van der Waals surface area contributed by atoms with Crippen molar-refractivity contribution in [3.8, 4) is 0 Å². The Morgan fingerprint density at radius 3 is 2.27 bits per heavy atom. The largest absolute Gasteiger partial charge is 0.433 e. The molecule has 1 aromatic heterocycles. The zero-order valence-electron chi connectivity index (χ0n) is 14.0. The lowest BCUT2D eigenvalue weighted by Crippen LogP contribution is -2.20. The average molecular weight is 370 g/mol. The second-order valence-electron chi connectivity index (χ2n) is 5.48. The molecule has 0 radical (unpaired) electrons. The van der Waals surface area contributed by atoms with Crippen LogP contribution in [-0.4, -0.2) is 42.1 Å². The number of nitrogens with one attached hydrogen (secondary N) is 2. The van der Waals surface area contributed by atoms with Gasteiger partial charge in [0.1, 0.15) is 5.82 Å². The summed E-state index contributed by atoms with van der Waals surface area (Å²) in [7, 11) is 3.17. The van der Waals surface area contributed by atoms with Crippen molar-refractivity contribution >= 4 is 23.1 Å². The van der Waals surface area contributed by atoms with Gasteiger partial charge in [-0.1, -0.05) is 0 Å². The number of anilines is 3. The van der Waals surface area contributed by atoms with Crippen molar-refractivity contribution in [2.75, 3.05) is 42.7 Å². The first-order valence-electron chi connectivity index (χ1n) is 7.52. The maximum atomic E-state index is 12.9. The first kappa shape index (κ1) is 19.2. The lowest BCUT2D eigenvalue weighted by atomic mass is 10.3. The average Bonchev–Trinajstić information content (AvgIpc) is 2.58. The highest BCUT2D eigenvalue weighted by atomic mass is 19.4. The molecule has 0 unspecified atom stereocenters. The van der Waals surface area contributed by atoms with Gasteiger partial charge in [0.15, 0.2) is 5.69 Å². The summed E-state index contributed by atoms with van der Waals surface area (Å²) in [6.07, 6.45) is -4.57. The van der Waals surface area contributed by atoms with Crippen LogP contribution >= 0.6 is 0 Å². The van der Waals surface area contributed by atoms with Gasteiger partial charge in [0, 0.05) is 51.1 Å². The quantitative estimate of drug-likeness (QED) is 0.439. The van der Waals surface area contributed by atoms with E-state index in [0.717, 1.165) is 6.07 Å². The normalized spacial score (nSPS) is 11.1. The van der Waals surface area contributed by atoms with Gasteiger partial charge in [-0.05, 0) is 12.1 Å². The molecule has 0 atom stereocenters. The molecule has 0 amide bonds. The van der Waals surface area contributed by atoms with E-state index in [1.807, 2.05) is 0 Å². The minimum absolute atomic E-state index is 0.0257. The van der Waals surface area contributed by atoms with Gasteiger partial charge >= 0.3 is 6.18 Å². The van der Waals surface area contributed by atoms with Crippen LogP contribution in [-0.2, 0) is 6.18 Å². The third-order valence-electron chi connectivity index (χ3n) is 3.28. The van der Waals surface area contributed by atoms with Crippen LogP contribution in [0.5, 0.6) is 0 Å². The fourth-order valence-corrected chi connectivity index (χ4v) is 1.97. The molecular weight excluding hydrogens is 353 g/mol. The van der Waals surface area contributed by atoms with Crippen molar-refractivity contribution < 1.29 is 18.1 Å². The van der Waals surface area contributed by atoms with Gasteiger partial charge in [0.2, 0.25) is 5.95 Å². The van der Waals surface area contributed by atoms with E-state index in [2.05, 4.69) is 20.6 Å². The van der Waals surface area contributed by atoms with Crippen molar-refractivity contribution in [1.29, 1.82) is 0 Å². The molecule has 0 saturated carbocycles. The summed E-state index contributed by atoms with van der Waals surface area (Å²) < 4.78 is 38.7. The van der Waals surface area contributed by atoms with Gasteiger partial charge in [-0.25, -0.2) is 4.98 Å². The number of non-ortho nitro benzene ring substituents is 1. The predicted molar refractivity (Wildman–Crippen MR) is 91.4 cm³/mol. The molecular formula is C15H17F3N6O2. The number of hydrogen-bond donors (Lipinski definition) is 2. The minimum atomic E-state index is -4.57. The predicted octanol–water partition coefficient (Wildman–Crippen LogP) is 2.99. The number of alkyl halides is 3. The molecule has 11 heteroatoms. The Labute approximate surface area is 147 Å². The topological polar surface area (TPSA) is 96.2 Å². The van der Waals surface area contributed by atoms with Crippen molar-refractivity contribution in [2.24, 2.45) is 0 Å². The van der Waals surface area contributed by atoms with Crippen LogP contribution in [0.25, 0.3) is 0 Å². The van der Waals surface area contributed by atoms with E-state index in [9.17, 15) is 23.3 Å². The Morgan fingerprint density at radius 2 is 1.73 bits per heavy atom. The standard InChI is InChI=1S/C15H17F3N6O2/c1-23(2)13-9-12(15(16,17)18)21-14(22-13)20-8-7-19-10-3-5-11(6-4-10)24(25)26/h3-6,9,19H,7-8H2,1-2H3,(H,20,21,22). The number of benzene rings is 1. The molecule has 0 saturated heterocycles. The number of aromatic nitrogens is 2. The molecule has 26 heavy (non-hydrogen) atoms. The summed E-state index contributed by atoms with van der Waals surface area (Å²) in [6, 6.07) is 6.68. The molecule has 2 aromatic rings. The Kier molecular flexibility index (Phi) is 5.80. The Bertz CT molecular complexity index is 765. The highest BCUT2D eigenvalue weighted by Gasteiger charge is 2.33. The summed E-state index contributed by atoms with van der Waals surface area (Å²) in [6.45, 7) is 0.611. The Balaban J connectivity index is 1.96. The molecule has 2 N–H and O–H groups in total. The van der Waals surface area contributed by atoms with Gasteiger partial charge in [0.05, 0.1) is 4.92 Å². The van der Waals surface area contributed by atoms with E-state index >= 15 is 0 Å². The maximum Gasteiger partial charge on any atom is 0.433 e. The van der Waals surface area contributed by atoms with Crippen molar-refractivity contribution in [1.82, 2.24) is 9.97 Å². The SMILES string of the molecule is CN(C)c1cc(C(F)(F)F)nc(NCCNc2ccc([N+](=O)[O-])cc2)n1. The monoisotopic (exact) mass is 370 g/mol. The van der Waals surface area contributed by atoms with Crippen LogP contribution in [0, 0.1) is 10.1 Å². The molecule has 1 aromatic carbocycles. The third-order valence-corrected chi connectivity index (χ3v) is 3.28. The smallest absolute Gasteiger partial charge is 0.383 e. The zero-order chi connectivity index (χ0) is 19.3. The molecule has 0 aliphatic heterocycles. The van der Waals surface area contributed by atoms with E-state index in [1.54, 1.807) is 26.2 Å². The molecule has 1 heterocycles. The lowest BCUT2D eigenvalue weighted by molar-refractivity contribution is -0.384. The highest BCUT2D eigenvalue weighted by molar-refractivity contribution is 5.49. The first-order chi connectivity index (χ1) is 12.2. The molecule has 0 spiro atoms. The Morgan fingerprint density at radius 1 is 1.12 bits per heavy atom. The van der Waals surface area contributed by atoms with Crippen LogP contribution in [0.1, 0.15) is 5.69 Å². The maximum absolute atomic E-state index is 12.9. The van der Waals surface area contributed by atoms with E-state index in [0.29, 0.717) is 12.2 Å². The summed E-state index contributed by atoms with van der Waals surface area (Å²) in [5.74, 6) is 0.00665. The fraction of sp³-hybridized carbons (Fsp3) is 0.333. The fourth-order valence-electron chi connectivity index (χ4n) is 1.97. The minimum Gasteiger partial charge on any atom is -0.383 e. The number of hydrogen-bond acceptors (Lipinski definition) is 7. The highest BCUT2D eigenvalue weighted by Crippen LogP contribution is 2.30. The van der Waals surface area contributed by atoms with Gasteiger partial charge < -0.3 is 15.5 Å². The summed E-state index contributed by atoms with van der Waals surface area (Å²) >= 11 is 0. The molecule has 2 rings (SSSR count). The number of nitrogens with zero attached hydrogens (tertiary/aromatic N) is 4. The molecule has 0 fully saturated rings. The number of rotatable bonds is 7. The van der Waals surface area contributed by atoms with Crippen LogP contribution in [0.4, 0.5) is 36.3 Å². The van der Waals surface area contributed by atoms with E-state index in [4.69, 9.17) is 0 Å². The zero-order valence-corrected chi connectivity index (χ0v) is 14.0. The van der Waals surface area contributed by atoms with Crippen molar-refractivity contribution in [3.05, 3.63) is 46.1 Å². The van der Waals surface area contributed by atoms with Gasteiger partial charge in [-0.15, -0.1) is 0 Å². The molecule has 8 nitrogen and oxygen atoms in total. The third kappa shape index (κ3) is 5.19. The summed E-state index contributed by atoms with van der Waals surface area (Å²) in [5.41, 5.74) is -0.402. The number of nitro groups is 1. The number of halogens is 3. The second-order valence-corrected chi connectivity index (χ2v) is 5.48. The lowest BCUT2D eigenvalue weighted by Gasteiger charge is -2.16. The van der Waals surface area contributed by atoms with Gasteiger partial charge in [-0.2, -0.15) is 18.2 Å². The van der Waals surface area contributed by atoms with Crippen molar-refractivity contribution in [2.45, 2.75) is 6.18 Å². The molecule has 140 valence electrons. The molecule has 0 aliphatic rings. The van der Waals surface area contributed by atoms with E-state index in [1.165, 1.54) is 17.0 Å². The summed E-state index contributed by atoms with van der Waals surface area (Å²) in [4.78, 5) is 19.0. The second kappa shape index (κ2) is 7.85. The first-order valence-corrected chi connectivity index (χ1v) is 7.52. The molecule has 0 aliphatic carbocycles. The van der Waals surface area contributed by atoms with Crippen LogP contribution < -0.4 is 15.5 Å². The van der Waals surface area contributed by atoms with E-state index < -0.39 is 16.8 Å². The van der Waals surface area contributed by atoms with Crippen molar-refractivity contribution in [3.63, 3.8) is 0 Å². The van der Waals surface area contributed by atoms with Gasteiger partial charge in [-0.3, -0.25) is 10.1 Å². The summed E-state index contributed by atoms with van der Waals surface area (Å²) in [5, 5.41) is 16.3. The van der Waals surface area contributed by atoms with Gasteiger partial charge in [0.25, 0.3) is 5.69 Å². The molecule has 0 bridgehead atoms. The Hall–Kier alpha value is -3.11. The van der Waals surface area contributed by atoms with Crippen LogP contribution in [0.3, 0.4) is 0 Å². The van der Waals surface area contributed by atoms with E-state index in [-0.39, 0.29) is 24.0 Å². The van der Waals surface area contributed by atoms with Crippen LogP contribution in [0.2, 0.25) is 0 Å². The number of nitro benzene ring substituents is 1.